The molecule has 0 saturated carbocycles. The largest absolute Gasteiger partial charge is 0.496 e. The zero-order chi connectivity index (χ0) is 10.8. The second-order valence-electron chi connectivity index (χ2n) is 4.40. The molecule has 1 aliphatic rings. The smallest absolute Gasteiger partial charge is 0.123 e. The molecule has 0 unspecified atom stereocenters. The third-order valence-corrected chi connectivity index (χ3v) is 3.12. The Morgan fingerprint density at radius 1 is 1.27 bits per heavy atom. The lowest BCUT2D eigenvalue weighted by molar-refractivity contribution is 0.404. The molecular weight excluding hydrogens is 186 g/mol. The van der Waals surface area contributed by atoms with Crippen LogP contribution in [0.2, 0.25) is 0 Å². The highest BCUT2D eigenvalue weighted by Gasteiger charge is 2.18. The number of methoxy groups -OCH3 is 1. The zero-order valence-electron chi connectivity index (χ0n) is 9.76. The van der Waals surface area contributed by atoms with Gasteiger partial charge >= 0.3 is 0 Å². The van der Waals surface area contributed by atoms with Crippen LogP contribution in [0.3, 0.4) is 0 Å². The second kappa shape index (κ2) is 4.23. The monoisotopic (exact) mass is 205 g/mol. The summed E-state index contributed by atoms with van der Waals surface area (Å²) in [4.78, 5) is 0. The van der Waals surface area contributed by atoms with Crippen molar-refractivity contribution >= 4 is 0 Å². The molecule has 0 amide bonds. The Hall–Kier alpha value is -1.02. The second-order valence-corrected chi connectivity index (χ2v) is 4.40. The fraction of sp³-hybridized carbons (Fsp3) is 0.538. The first kappa shape index (κ1) is 10.5. The highest BCUT2D eigenvalue weighted by atomic mass is 16.5. The molecule has 82 valence electrons. The van der Waals surface area contributed by atoms with Crippen LogP contribution >= 0.6 is 0 Å². The van der Waals surface area contributed by atoms with E-state index in [1.807, 2.05) is 0 Å². The summed E-state index contributed by atoms with van der Waals surface area (Å²) in [5.74, 6) is 1.63. The zero-order valence-corrected chi connectivity index (χ0v) is 9.76. The molecule has 0 atom stereocenters. The van der Waals surface area contributed by atoms with Crippen molar-refractivity contribution in [1.29, 1.82) is 0 Å². The van der Waals surface area contributed by atoms with E-state index in [-0.39, 0.29) is 0 Å². The van der Waals surface area contributed by atoms with E-state index in [1.54, 1.807) is 7.11 Å². The van der Waals surface area contributed by atoms with Crippen LogP contribution in [0.15, 0.2) is 12.1 Å². The van der Waals surface area contributed by atoms with E-state index in [1.165, 1.54) is 16.7 Å². The molecule has 0 aromatic heterocycles. The first-order valence-corrected chi connectivity index (χ1v) is 5.63. The lowest BCUT2D eigenvalue weighted by atomic mass is 9.89. The van der Waals surface area contributed by atoms with E-state index < -0.39 is 0 Å². The van der Waals surface area contributed by atoms with Crippen molar-refractivity contribution < 1.29 is 4.74 Å². The molecule has 1 aromatic carbocycles. The molecule has 0 radical (unpaired) electrons. The summed E-state index contributed by atoms with van der Waals surface area (Å²) < 4.78 is 5.41. The minimum absolute atomic E-state index is 0.600. The summed E-state index contributed by atoms with van der Waals surface area (Å²) in [6.07, 6.45) is 1.13. The van der Waals surface area contributed by atoms with Crippen molar-refractivity contribution in [2.75, 3.05) is 13.7 Å². The van der Waals surface area contributed by atoms with Gasteiger partial charge in [-0.25, -0.2) is 0 Å². The van der Waals surface area contributed by atoms with E-state index in [2.05, 4.69) is 31.3 Å². The van der Waals surface area contributed by atoms with Gasteiger partial charge in [0.25, 0.3) is 0 Å². The molecule has 1 aliphatic heterocycles. The number of hydrogen-bond acceptors (Lipinski definition) is 2. The molecule has 0 aliphatic carbocycles. The third-order valence-electron chi connectivity index (χ3n) is 3.12. The van der Waals surface area contributed by atoms with Gasteiger partial charge in [0.05, 0.1) is 7.11 Å². The average Bonchev–Trinajstić information content (AvgIpc) is 2.27. The van der Waals surface area contributed by atoms with E-state index in [0.29, 0.717) is 5.92 Å². The van der Waals surface area contributed by atoms with Crippen LogP contribution in [0.25, 0.3) is 0 Å². The van der Waals surface area contributed by atoms with Crippen LogP contribution in [-0.2, 0) is 13.0 Å². The Labute approximate surface area is 91.6 Å². The minimum atomic E-state index is 0.600. The fourth-order valence-corrected chi connectivity index (χ4v) is 2.34. The Kier molecular flexibility index (Phi) is 2.96. The number of rotatable bonds is 2. The van der Waals surface area contributed by atoms with Crippen LogP contribution in [-0.4, -0.2) is 13.7 Å². The number of ether oxygens (including phenoxy) is 1. The average molecular weight is 205 g/mol. The standard InChI is InChI=1S/C13H19NO/c1-9(2)10-4-5-13(15-3)12-8-14-7-6-11(10)12/h4-5,9,14H,6-8H2,1-3H3. The quantitative estimate of drug-likeness (QED) is 0.800. The normalized spacial score (nSPS) is 15.2. The van der Waals surface area contributed by atoms with Crippen molar-refractivity contribution in [2.24, 2.45) is 0 Å². The van der Waals surface area contributed by atoms with Crippen molar-refractivity contribution in [3.8, 4) is 5.75 Å². The molecule has 0 bridgehead atoms. The summed E-state index contributed by atoms with van der Waals surface area (Å²) in [5, 5.41) is 3.40. The van der Waals surface area contributed by atoms with Gasteiger partial charge in [-0.05, 0) is 36.1 Å². The number of benzene rings is 1. The Morgan fingerprint density at radius 3 is 2.73 bits per heavy atom. The van der Waals surface area contributed by atoms with Gasteiger partial charge in [0, 0.05) is 12.1 Å². The van der Waals surface area contributed by atoms with E-state index in [4.69, 9.17) is 4.74 Å². The Bertz CT molecular complexity index is 358. The third kappa shape index (κ3) is 1.86. The van der Waals surface area contributed by atoms with Gasteiger partial charge in [0.2, 0.25) is 0 Å². The molecule has 2 rings (SSSR count). The van der Waals surface area contributed by atoms with Gasteiger partial charge in [0.1, 0.15) is 5.75 Å². The van der Waals surface area contributed by atoms with Gasteiger partial charge in [-0.15, -0.1) is 0 Å². The van der Waals surface area contributed by atoms with Crippen molar-refractivity contribution in [3.05, 3.63) is 28.8 Å². The molecule has 15 heavy (non-hydrogen) atoms. The molecule has 0 fully saturated rings. The Morgan fingerprint density at radius 2 is 2.07 bits per heavy atom. The molecule has 0 saturated heterocycles. The summed E-state index contributed by atoms with van der Waals surface area (Å²) in [5.41, 5.74) is 4.34. The lowest BCUT2D eigenvalue weighted by Crippen LogP contribution is -2.25. The predicted molar refractivity (Wildman–Crippen MR) is 62.5 cm³/mol. The highest BCUT2D eigenvalue weighted by molar-refractivity contribution is 5.47. The predicted octanol–water partition coefficient (Wildman–Crippen LogP) is 2.46. The number of hydrogen-bond donors (Lipinski definition) is 1. The van der Waals surface area contributed by atoms with Crippen molar-refractivity contribution in [2.45, 2.75) is 32.7 Å². The highest BCUT2D eigenvalue weighted by Crippen LogP contribution is 2.31. The molecule has 1 aromatic rings. The SMILES string of the molecule is COc1ccc(C(C)C)c2c1CNCC2. The van der Waals surface area contributed by atoms with Crippen LogP contribution in [0.4, 0.5) is 0 Å². The summed E-state index contributed by atoms with van der Waals surface area (Å²) in [7, 11) is 1.75. The van der Waals surface area contributed by atoms with Crippen LogP contribution < -0.4 is 10.1 Å². The van der Waals surface area contributed by atoms with Crippen LogP contribution in [0, 0.1) is 0 Å². The topological polar surface area (TPSA) is 21.3 Å². The molecule has 0 spiro atoms. The summed E-state index contributed by atoms with van der Waals surface area (Å²) in [6, 6.07) is 4.31. The Balaban J connectivity index is 2.52. The van der Waals surface area contributed by atoms with E-state index in [9.17, 15) is 0 Å². The molecule has 2 nitrogen and oxygen atoms in total. The van der Waals surface area contributed by atoms with Crippen LogP contribution in [0.1, 0.15) is 36.5 Å². The maximum absolute atomic E-state index is 5.41. The summed E-state index contributed by atoms with van der Waals surface area (Å²) >= 11 is 0. The van der Waals surface area contributed by atoms with Gasteiger partial charge in [-0.3, -0.25) is 0 Å². The summed E-state index contributed by atoms with van der Waals surface area (Å²) in [6.45, 7) is 6.53. The van der Waals surface area contributed by atoms with E-state index >= 15 is 0 Å². The maximum atomic E-state index is 5.41. The first-order chi connectivity index (χ1) is 7.24. The fourth-order valence-electron chi connectivity index (χ4n) is 2.34. The van der Waals surface area contributed by atoms with Gasteiger partial charge < -0.3 is 10.1 Å². The van der Waals surface area contributed by atoms with Gasteiger partial charge in [-0.2, -0.15) is 0 Å². The van der Waals surface area contributed by atoms with Crippen molar-refractivity contribution in [3.63, 3.8) is 0 Å². The number of nitrogens with one attached hydrogen (secondary N) is 1. The molecular formula is C13H19NO. The van der Waals surface area contributed by atoms with Gasteiger partial charge in [0.15, 0.2) is 0 Å². The molecule has 1 heterocycles. The van der Waals surface area contributed by atoms with Crippen molar-refractivity contribution in [1.82, 2.24) is 5.32 Å². The lowest BCUT2D eigenvalue weighted by Gasteiger charge is -2.24. The van der Waals surface area contributed by atoms with Gasteiger partial charge in [-0.1, -0.05) is 19.9 Å². The minimum Gasteiger partial charge on any atom is -0.496 e. The van der Waals surface area contributed by atoms with Crippen LogP contribution in [0.5, 0.6) is 5.75 Å². The molecule has 2 heteroatoms. The number of fused-ring (bicyclic) bond motifs is 1. The van der Waals surface area contributed by atoms with E-state index in [0.717, 1.165) is 25.3 Å². The maximum Gasteiger partial charge on any atom is 0.123 e. The first-order valence-electron chi connectivity index (χ1n) is 5.63. The molecule has 1 N–H and O–H groups in total.